The number of benzene rings is 1. The quantitative estimate of drug-likeness (QED) is 0.687. The largest absolute Gasteiger partial charge is 0.496 e. The van der Waals surface area contributed by atoms with Gasteiger partial charge in [-0.1, -0.05) is 0 Å². The number of morpholine rings is 1. The summed E-state index contributed by atoms with van der Waals surface area (Å²) in [7, 11) is 1.63. The molecule has 1 aliphatic heterocycles. The number of aromatic amines is 1. The van der Waals surface area contributed by atoms with Gasteiger partial charge in [0.05, 0.1) is 20.3 Å². The third-order valence-corrected chi connectivity index (χ3v) is 4.96. The molecule has 0 aliphatic carbocycles. The van der Waals surface area contributed by atoms with Crippen LogP contribution in [0.1, 0.15) is 6.42 Å². The van der Waals surface area contributed by atoms with E-state index in [0.29, 0.717) is 12.2 Å². The van der Waals surface area contributed by atoms with Gasteiger partial charge in [-0.3, -0.25) is 9.69 Å². The number of nitrogens with one attached hydrogen (secondary N) is 2. The third kappa shape index (κ3) is 4.16. The molecule has 0 atom stereocenters. The summed E-state index contributed by atoms with van der Waals surface area (Å²) < 4.78 is 10.9. The Labute approximate surface area is 163 Å². The number of fused-ring (bicyclic) bond motifs is 1. The summed E-state index contributed by atoms with van der Waals surface area (Å²) in [5.74, 6) is 0.694. The van der Waals surface area contributed by atoms with E-state index in [-0.39, 0.29) is 5.91 Å². The van der Waals surface area contributed by atoms with Crippen LogP contribution in [0.25, 0.3) is 22.2 Å². The van der Waals surface area contributed by atoms with Crippen LogP contribution in [-0.2, 0) is 9.53 Å². The number of carbonyl (C=O) groups is 1. The maximum atomic E-state index is 12.3. The molecule has 0 bridgehead atoms. The van der Waals surface area contributed by atoms with Gasteiger partial charge in [-0.25, -0.2) is 4.98 Å². The standard InChI is InChI=1S/C21H24N4O3/c1-27-19-13-17(24-20(26)5-7-25-8-10-28-11-9-25)2-3-18(19)16-12-15-4-6-22-21(15)23-14-16/h2-4,6,12-14H,5,7-11H2,1H3,(H,22,23)(H,24,26). The molecule has 3 heterocycles. The first-order valence-electron chi connectivity index (χ1n) is 9.44. The van der Waals surface area contributed by atoms with E-state index in [0.717, 1.165) is 60.7 Å². The number of anilines is 1. The first kappa shape index (κ1) is 18.5. The molecule has 1 aromatic carbocycles. The second-order valence-electron chi connectivity index (χ2n) is 6.81. The average molecular weight is 380 g/mol. The Morgan fingerprint density at radius 3 is 2.96 bits per heavy atom. The van der Waals surface area contributed by atoms with Gasteiger partial charge in [-0.05, 0) is 24.3 Å². The Bertz CT molecular complexity index is 963. The van der Waals surface area contributed by atoms with Crippen LogP contribution >= 0.6 is 0 Å². The molecule has 1 aliphatic rings. The zero-order valence-electron chi connectivity index (χ0n) is 15.9. The highest BCUT2D eigenvalue weighted by molar-refractivity contribution is 5.92. The van der Waals surface area contributed by atoms with Crippen molar-refractivity contribution in [3.63, 3.8) is 0 Å². The summed E-state index contributed by atoms with van der Waals surface area (Å²) in [4.78, 5) is 22.1. The number of methoxy groups -OCH3 is 1. The Balaban J connectivity index is 1.44. The van der Waals surface area contributed by atoms with E-state index >= 15 is 0 Å². The fourth-order valence-electron chi connectivity index (χ4n) is 3.40. The Kier molecular flexibility index (Phi) is 5.55. The molecule has 1 fully saturated rings. The molecule has 0 spiro atoms. The molecule has 0 unspecified atom stereocenters. The van der Waals surface area contributed by atoms with Crippen LogP contribution in [0.3, 0.4) is 0 Å². The number of amides is 1. The third-order valence-electron chi connectivity index (χ3n) is 4.96. The molecular formula is C21H24N4O3. The normalized spacial score (nSPS) is 14.9. The predicted octanol–water partition coefficient (Wildman–Crippen LogP) is 2.90. The first-order chi connectivity index (χ1) is 13.7. The maximum absolute atomic E-state index is 12.3. The van der Waals surface area contributed by atoms with E-state index < -0.39 is 0 Å². The van der Waals surface area contributed by atoms with Gasteiger partial charge < -0.3 is 19.8 Å². The van der Waals surface area contributed by atoms with Gasteiger partial charge in [-0.2, -0.15) is 0 Å². The molecule has 1 saturated heterocycles. The van der Waals surface area contributed by atoms with E-state index in [9.17, 15) is 4.79 Å². The van der Waals surface area contributed by atoms with Gasteiger partial charge >= 0.3 is 0 Å². The topological polar surface area (TPSA) is 79.5 Å². The maximum Gasteiger partial charge on any atom is 0.225 e. The van der Waals surface area contributed by atoms with Crippen LogP contribution in [0.2, 0.25) is 0 Å². The summed E-state index contributed by atoms with van der Waals surface area (Å²) in [5, 5.41) is 4.00. The van der Waals surface area contributed by atoms with E-state index in [4.69, 9.17) is 9.47 Å². The van der Waals surface area contributed by atoms with E-state index in [1.54, 1.807) is 7.11 Å². The van der Waals surface area contributed by atoms with Crippen LogP contribution in [0.5, 0.6) is 5.75 Å². The van der Waals surface area contributed by atoms with Crippen molar-refractivity contribution in [1.82, 2.24) is 14.9 Å². The molecule has 1 amide bonds. The van der Waals surface area contributed by atoms with Crippen molar-refractivity contribution in [3.8, 4) is 16.9 Å². The highest BCUT2D eigenvalue weighted by atomic mass is 16.5. The number of H-pyrrole nitrogens is 1. The van der Waals surface area contributed by atoms with Crippen LogP contribution in [0.15, 0.2) is 42.7 Å². The number of rotatable bonds is 6. The van der Waals surface area contributed by atoms with Crippen molar-refractivity contribution in [2.24, 2.45) is 0 Å². The van der Waals surface area contributed by atoms with Gasteiger partial charge in [0.2, 0.25) is 5.91 Å². The van der Waals surface area contributed by atoms with Gasteiger partial charge in [0, 0.05) is 66.7 Å². The number of pyridine rings is 1. The lowest BCUT2D eigenvalue weighted by atomic mass is 10.0. The number of ether oxygens (including phenoxy) is 2. The monoisotopic (exact) mass is 380 g/mol. The lowest BCUT2D eigenvalue weighted by Crippen LogP contribution is -2.38. The van der Waals surface area contributed by atoms with Crippen LogP contribution in [0, 0.1) is 0 Å². The number of nitrogens with zero attached hydrogens (tertiary/aromatic N) is 2. The lowest BCUT2D eigenvalue weighted by molar-refractivity contribution is -0.116. The van der Waals surface area contributed by atoms with Gasteiger partial charge in [0.25, 0.3) is 0 Å². The first-order valence-corrected chi connectivity index (χ1v) is 9.44. The Morgan fingerprint density at radius 1 is 1.29 bits per heavy atom. The number of carbonyl (C=O) groups excluding carboxylic acids is 1. The SMILES string of the molecule is COc1cc(NC(=O)CCN2CCOCC2)ccc1-c1cnc2[nH]ccc2c1. The molecule has 3 aromatic rings. The Hall–Kier alpha value is -2.90. The van der Waals surface area contributed by atoms with Crippen LogP contribution in [0.4, 0.5) is 5.69 Å². The smallest absolute Gasteiger partial charge is 0.225 e. The highest BCUT2D eigenvalue weighted by Crippen LogP contribution is 2.33. The van der Waals surface area contributed by atoms with Crippen molar-refractivity contribution >= 4 is 22.6 Å². The minimum Gasteiger partial charge on any atom is -0.496 e. The second kappa shape index (κ2) is 8.41. The van der Waals surface area contributed by atoms with Crippen molar-refractivity contribution in [1.29, 1.82) is 0 Å². The van der Waals surface area contributed by atoms with E-state index in [2.05, 4.69) is 26.3 Å². The zero-order chi connectivity index (χ0) is 19.3. The van der Waals surface area contributed by atoms with Crippen molar-refractivity contribution in [3.05, 3.63) is 42.7 Å². The fourth-order valence-corrected chi connectivity index (χ4v) is 3.40. The van der Waals surface area contributed by atoms with Gasteiger partial charge in [0.15, 0.2) is 0 Å². The number of aromatic nitrogens is 2. The summed E-state index contributed by atoms with van der Waals surface area (Å²) in [6.07, 6.45) is 4.14. The second-order valence-corrected chi connectivity index (χ2v) is 6.81. The summed E-state index contributed by atoms with van der Waals surface area (Å²) in [6, 6.07) is 9.75. The summed E-state index contributed by atoms with van der Waals surface area (Å²) >= 11 is 0. The minimum atomic E-state index is -0.00305. The molecule has 2 aromatic heterocycles. The molecule has 146 valence electrons. The van der Waals surface area contributed by atoms with Crippen LogP contribution < -0.4 is 10.1 Å². The van der Waals surface area contributed by atoms with Crippen molar-refractivity contribution in [2.45, 2.75) is 6.42 Å². The van der Waals surface area contributed by atoms with Gasteiger partial charge in [-0.15, -0.1) is 0 Å². The molecule has 7 heteroatoms. The minimum absolute atomic E-state index is 0.00305. The molecule has 0 saturated carbocycles. The number of hydrogen-bond donors (Lipinski definition) is 2. The molecule has 7 nitrogen and oxygen atoms in total. The Morgan fingerprint density at radius 2 is 2.14 bits per heavy atom. The molecular weight excluding hydrogens is 356 g/mol. The van der Waals surface area contributed by atoms with Crippen LogP contribution in [-0.4, -0.2) is 60.7 Å². The van der Waals surface area contributed by atoms with Gasteiger partial charge in [0.1, 0.15) is 11.4 Å². The molecule has 4 rings (SSSR count). The zero-order valence-corrected chi connectivity index (χ0v) is 15.9. The molecule has 0 radical (unpaired) electrons. The van der Waals surface area contributed by atoms with E-state index in [1.165, 1.54) is 0 Å². The van der Waals surface area contributed by atoms with E-state index in [1.807, 2.05) is 36.7 Å². The number of hydrogen-bond acceptors (Lipinski definition) is 5. The fraction of sp³-hybridized carbons (Fsp3) is 0.333. The predicted molar refractivity (Wildman–Crippen MR) is 109 cm³/mol. The summed E-state index contributed by atoms with van der Waals surface area (Å²) in [5.41, 5.74) is 3.48. The lowest BCUT2D eigenvalue weighted by Gasteiger charge is -2.26. The highest BCUT2D eigenvalue weighted by Gasteiger charge is 2.13. The molecule has 28 heavy (non-hydrogen) atoms. The molecule has 2 N–H and O–H groups in total. The average Bonchev–Trinajstić information content (AvgIpc) is 3.21. The van der Waals surface area contributed by atoms with Crippen molar-refractivity contribution in [2.75, 3.05) is 45.3 Å². The summed E-state index contributed by atoms with van der Waals surface area (Å²) in [6.45, 7) is 3.99. The van der Waals surface area contributed by atoms with Crippen molar-refractivity contribution < 1.29 is 14.3 Å².